The van der Waals surface area contributed by atoms with Crippen LogP contribution in [0.2, 0.25) is 0 Å². The molecule has 0 aliphatic carbocycles. The maximum absolute atomic E-state index is 11.6. The van der Waals surface area contributed by atoms with Crippen LogP contribution in [-0.2, 0) is 14.3 Å². The third-order valence-corrected chi connectivity index (χ3v) is 4.15. The first-order valence-electron chi connectivity index (χ1n) is 10.1. The molecule has 3 nitrogen and oxygen atoms in total. The van der Waals surface area contributed by atoms with Crippen LogP contribution in [0.4, 0.5) is 0 Å². The number of carbonyl (C=O) groups is 1. The second-order valence-corrected chi connectivity index (χ2v) is 6.87. The Balaban J connectivity index is 3.24. The van der Waals surface area contributed by atoms with Gasteiger partial charge >= 0.3 is 5.97 Å². The van der Waals surface area contributed by atoms with Gasteiger partial charge in [-0.15, -0.1) is 0 Å². The summed E-state index contributed by atoms with van der Waals surface area (Å²) in [5.41, 5.74) is 0. The summed E-state index contributed by atoms with van der Waals surface area (Å²) < 4.78 is 10.3. The van der Waals surface area contributed by atoms with Gasteiger partial charge in [-0.1, -0.05) is 90.6 Å². The maximum Gasteiger partial charge on any atom is 0.308 e. The van der Waals surface area contributed by atoms with Crippen LogP contribution in [0.5, 0.6) is 0 Å². The largest absolute Gasteiger partial charge is 0.460 e. The van der Waals surface area contributed by atoms with Crippen LogP contribution in [0.3, 0.4) is 0 Å². The van der Waals surface area contributed by atoms with E-state index in [2.05, 4.69) is 13.5 Å². The lowest BCUT2D eigenvalue weighted by Crippen LogP contribution is -2.17. The van der Waals surface area contributed by atoms with Crippen molar-refractivity contribution in [3.8, 4) is 0 Å². The molecule has 0 rings (SSSR count). The molecule has 0 radical (unpaired) electrons. The fourth-order valence-corrected chi connectivity index (χ4v) is 2.84. The van der Waals surface area contributed by atoms with Crippen LogP contribution in [0, 0.1) is 0 Å². The molecule has 0 aromatic rings. The Bertz CT molecular complexity index is 312. The van der Waals surface area contributed by atoms with Crippen LogP contribution in [0.25, 0.3) is 0 Å². The molecule has 0 heterocycles. The van der Waals surface area contributed by atoms with E-state index in [1.54, 1.807) is 13.8 Å². The van der Waals surface area contributed by atoms with E-state index in [1.807, 2.05) is 0 Å². The molecule has 0 aromatic heterocycles. The summed E-state index contributed by atoms with van der Waals surface area (Å²) in [5.74, 6) is 0.392. The molecule has 0 amide bonds. The monoisotopic (exact) mass is 340 g/mol. The molecule has 0 fully saturated rings. The first-order valence-corrected chi connectivity index (χ1v) is 10.1. The Morgan fingerprint density at radius 2 is 1.21 bits per heavy atom. The van der Waals surface area contributed by atoms with Crippen molar-refractivity contribution in [1.82, 2.24) is 0 Å². The zero-order valence-electron chi connectivity index (χ0n) is 16.4. The average molecular weight is 341 g/mol. The quantitative estimate of drug-likeness (QED) is 0.125. The molecular formula is C21H40O3. The smallest absolute Gasteiger partial charge is 0.308 e. The van der Waals surface area contributed by atoms with Crippen molar-refractivity contribution in [2.75, 3.05) is 0 Å². The average Bonchev–Trinajstić information content (AvgIpc) is 2.51. The van der Waals surface area contributed by atoms with Gasteiger partial charge in [-0.05, 0) is 13.3 Å². The van der Waals surface area contributed by atoms with Crippen molar-refractivity contribution in [2.24, 2.45) is 0 Å². The zero-order chi connectivity index (χ0) is 18.0. The van der Waals surface area contributed by atoms with E-state index in [0.29, 0.717) is 12.2 Å². The summed E-state index contributed by atoms with van der Waals surface area (Å²) in [6.07, 6.45) is 17.0. The van der Waals surface area contributed by atoms with E-state index in [4.69, 9.17) is 9.47 Å². The molecule has 1 atom stereocenters. The zero-order valence-corrected chi connectivity index (χ0v) is 16.4. The molecular weight excluding hydrogens is 300 g/mol. The van der Waals surface area contributed by atoms with Gasteiger partial charge in [0.2, 0.25) is 6.29 Å². The van der Waals surface area contributed by atoms with E-state index >= 15 is 0 Å². The Kier molecular flexibility index (Phi) is 16.2. The standard InChI is InChI=1S/C21H40O3/c1-5-6-7-8-9-10-11-12-13-14-15-16-17-18-21(22)24-20(4)23-19(2)3/h20H,2,5-18H2,1,3-4H3. The third kappa shape index (κ3) is 17.4. The molecule has 0 aliphatic rings. The highest BCUT2D eigenvalue weighted by atomic mass is 16.7. The molecule has 0 saturated heterocycles. The van der Waals surface area contributed by atoms with Gasteiger partial charge in [-0.2, -0.15) is 0 Å². The summed E-state index contributed by atoms with van der Waals surface area (Å²) in [7, 11) is 0. The Morgan fingerprint density at radius 1 is 0.792 bits per heavy atom. The van der Waals surface area contributed by atoms with Crippen molar-refractivity contribution in [1.29, 1.82) is 0 Å². The summed E-state index contributed by atoms with van der Waals surface area (Å²) in [4.78, 5) is 11.6. The lowest BCUT2D eigenvalue weighted by Gasteiger charge is -2.14. The minimum atomic E-state index is -0.531. The van der Waals surface area contributed by atoms with Crippen molar-refractivity contribution >= 4 is 5.97 Å². The highest BCUT2D eigenvalue weighted by molar-refractivity contribution is 5.69. The molecule has 0 aromatic carbocycles. The summed E-state index contributed by atoms with van der Waals surface area (Å²) in [6.45, 7) is 9.36. The van der Waals surface area contributed by atoms with Gasteiger partial charge in [0.1, 0.15) is 0 Å². The van der Waals surface area contributed by atoms with Crippen molar-refractivity contribution in [2.45, 2.75) is 117 Å². The first-order chi connectivity index (χ1) is 11.6. The van der Waals surface area contributed by atoms with Crippen LogP contribution in [0.1, 0.15) is 111 Å². The maximum atomic E-state index is 11.6. The molecule has 1 unspecified atom stereocenters. The predicted octanol–water partition coefficient (Wildman–Crippen LogP) is 6.91. The normalized spacial score (nSPS) is 12.0. The van der Waals surface area contributed by atoms with Crippen LogP contribution >= 0.6 is 0 Å². The number of esters is 1. The number of unbranched alkanes of at least 4 members (excludes halogenated alkanes) is 12. The van der Waals surface area contributed by atoms with Gasteiger partial charge < -0.3 is 9.47 Å². The Labute approximate surface area is 150 Å². The second kappa shape index (κ2) is 16.9. The van der Waals surface area contributed by atoms with Crippen molar-refractivity contribution in [3.05, 3.63) is 12.3 Å². The number of hydrogen-bond acceptors (Lipinski definition) is 3. The summed E-state index contributed by atoms with van der Waals surface area (Å²) in [5, 5.41) is 0. The highest BCUT2D eigenvalue weighted by Crippen LogP contribution is 2.13. The molecule has 0 saturated carbocycles. The topological polar surface area (TPSA) is 35.5 Å². The van der Waals surface area contributed by atoms with Crippen LogP contribution < -0.4 is 0 Å². The number of rotatable bonds is 17. The minimum Gasteiger partial charge on any atom is -0.460 e. The molecule has 0 spiro atoms. The van der Waals surface area contributed by atoms with Crippen LogP contribution in [0.15, 0.2) is 12.3 Å². The highest BCUT2D eigenvalue weighted by Gasteiger charge is 2.09. The van der Waals surface area contributed by atoms with Gasteiger partial charge in [0, 0.05) is 13.3 Å². The minimum absolute atomic E-state index is 0.174. The molecule has 0 aliphatic heterocycles. The Morgan fingerprint density at radius 3 is 1.62 bits per heavy atom. The number of carbonyl (C=O) groups excluding carboxylic acids is 1. The number of hydrogen-bond donors (Lipinski definition) is 0. The number of allylic oxidation sites excluding steroid dienone is 1. The van der Waals surface area contributed by atoms with Gasteiger partial charge in [-0.25, -0.2) is 0 Å². The van der Waals surface area contributed by atoms with E-state index in [9.17, 15) is 4.79 Å². The van der Waals surface area contributed by atoms with Crippen LogP contribution in [-0.4, -0.2) is 12.3 Å². The van der Waals surface area contributed by atoms with E-state index in [0.717, 1.165) is 12.8 Å². The fraction of sp³-hybridized carbons (Fsp3) is 0.857. The van der Waals surface area contributed by atoms with Gasteiger partial charge in [0.15, 0.2) is 0 Å². The Hall–Kier alpha value is -0.990. The van der Waals surface area contributed by atoms with Gasteiger partial charge in [0.25, 0.3) is 0 Å². The molecule has 142 valence electrons. The van der Waals surface area contributed by atoms with Gasteiger partial charge in [0.05, 0.1) is 5.76 Å². The number of ether oxygens (including phenoxy) is 2. The van der Waals surface area contributed by atoms with Crippen molar-refractivity contribution < 1.29 is 14.3 Å². The lowest BCUT2D eigenvalue weighted by atomic mass is 10.0. The first kappa shape index (κ1) is 23.0. The SMILES string of the molecule is C=C(C)OC(C)OC(=O)CCCCCCCCCCCCCCC. The van der Waals surface area contributed by atoms with Gasteiger partial charge in [-0.3, -0.25) is 4.79 Å². The van der Waals surface area contributed by atoms with Crippen molar-refractivity contribution in [3.63, 3.8) is 0 Å². The van der Waals surface area contributed by atoms with E-state index in [-0.39, 0.29) is 5.97 Å². The second-order valence-electron chi connectivity index (χ2n) is 6.87. The molecule has 0 N–H and O–H groups in total. The summed E-state index contributed by atoms with van der Waals surface area (Å²) in [6, 6.07) is 0. The summed E-state index contributed by atoms with van der Waals surface area (Å²) >= 11 is 0. The lowest BCUT2D eigenvalue weighted by molar-refractivity contribution is -0.167. The molecule has 24 heavy (non-hydrogen) atoms. The molecule has 3 heteroatoms. The third-order valence-electron chi connectivity index (χ3n) is 4.15. The van der Waals surface area contributed by atoms with E-state index < -0.39 is 6.29 Å². The predicted molar refractivity (Wildman–Crippen MR) is 102 cm³/mol. The fourth-order valence-electron chi connectivity index (χ4n) is 2.84. The molecule has 0 bridgehead atoms. The van der Waals surface area contributed by atoms with E-state index in [1.165, 1.54) is 70.6 Å².